The normalized spacial score (nSPS) is 12.5. The second-order valence-corrected chi connectivity index (χ2v) is 10.1. The van der Waals surface area contributed by atoms with Gasteiger partial charge >= 0.3 is 12.1 Å². The number of carboxylic acid groups (broad SMARTS) is 1. The van der Waals surface area contributed by atoms with Crippen LogP contribution in [0.15, 0.2) is 48.5 Å². The Bertz CT molecular complexity index is 1280. The molecule has 0 aliphatic rings. The molecule has 3 rings (SSSR count). The third kappa shape index (κ3) is 8.11. The van der Waals surface area contributed by atoms with E-state index in [-0.39, 0.29) is 19.4 Å². The number of carboxylic acids is 1. The summed E-state index contributed by atoms with van der Waals surface area (Å²) in [6, 6.07) is 13.6. The molecule has 0 saturated carbocycles. The lowest BCUT2D eigenvalue weighted by atomic mass is 9.85. The summed E-state index contributed by atoms with van der Waals surface area (Å²) < 4.78 is 39.6. The molecule has 0 saturated heterocycles. The molecule has 0 aliphatic heterocycles. The summed E-state index contributed by atoms with van der Waals surface area (Å²) in [5.74, 6) is -2.06. The van der Waals surface area contributed by atoms with Gasteiger partial charge in [-0.3, -0.25) is 9.59 Å². The van der Waals surface area contributed by atoms with E-state index in [0.717, 1.165) is 42.0 Å². The highest BCUT2D eigenvalue weighted by Gasteiger charge is 2.29. The van der Waals surface area contributed by atoms with Crippen molar-refractivity contribution in [2.75, 3.05) is 6.54 Å². The standard InChI is InChI=1S/C29H30Cl2F3NO3/c1-2-3-4-5-24-25(30)17-21-16-20(10-11-23(21)27(24)31)22(12-14-29(32,33)34)18-6-8-19(9-7-18)28(38)35-15-13-26(36)37/h6-11,16-17,22H,2-5,12-15H2,1H3,(H,35,38)(H,36,37). The number of aliphatic carboxylic acids is 1. The number of hydrogen-bond donors (Lipinski definition) is 2. The van der Waals surface area contributed by atoms with Crippen LogP contribution in [0.2, 0.25) is 10.0 Å². The molecule has 4 nitrogen and oxygen atoms in total. The van der Waals surface area contributed by atoms with Crippen LogP contribution in [-0.4, -0.2) is 29.7 Å². The second-order valence-electron chi connectivity index (χ2n) is 9.32. The van der Waals surface area contributed by atoms with Gasteiger partial charge in [0.1, 0.15) is 0 Å². The smallest absolute Gasteiger partial charge is 0.389 e. The third-order valence-electron chi connectivity index (χ3n) is 6.50. The van der Waals surface area contributed by atoms with Gasteiger partial charge in [0.2, 0.25) is 0 Å². The number of halogens is 5. The van der Waals surface area contributed by atoms with Crippen LogP contribution in [0.4, 0.5) is 13.2 Å². The lowest BCUT2D eigenvalue weighted by Gasteiger charge is -2.21. The zero-order valence-corrected chi connectivity index (χ0v) is 22.5. The van der Waals surface area contributed by atoms with Crippen molar-refractivity contribution in [2.45, 2.75) is 64.0 Å². The number of rotatable bonds is 12. The molecule has 3 aromatic rings. The zero-order valence-electron chi connectivity index (χ0n) is 21.0. The Kier molecular flexibility index (Phi) is 10.5. The van der Waals surface area contributed by atoms with E-state index in [4.69, 9.17) is 28.3 Å². The van der Waals surface area contributed by atoms with E-state index in [1.54, 1.807) is 18.2 Å². The third-order valence-corrected chi connectivity index (χ3v) is 7.27. The van der Waals surface area contributed by atoms with E-state index in [1.165, 1.54) is 12.1 Å². The van der Waals surface area contributed by atoms with Crippen LogP contribution in [-0.2, 0) is 11.2 Å². The van der Waals surface area contributed by atoms with Gasteiger partial charge in [0.05, 0.1) is 11.4 Å². The van der Waals surface area contributed by atoms with Crippen LogP contribution in [0, 0.1) is 0 Å². The van der Waals surface area contributed by atoms with E-state index in [0.29, 0.717) is 26.7 Å². The number of carbonyl (C=O) groups excluding carboxylic acids is 1. The van der Waals surface area contributed by atoms with Gasteiger partial charge in [-0.1, -0.05) is 73.3 Å². The maximum absolute atomic E-state index is 13.2. The van der Waals surface area contributed by atoms with E-state index in [2.05, 4.69) is 12.2 Å². The quantitative estimate of drug-likeness (QED) is 0.215. The van der Waals surface area contributed by atoms with Gasteiger partial charge in [-0.15, -0.1) is 0 Å². The number of benzene rings is 3. The van der Waals surface area contributed by atoms with E-state index >= 15 is 0 Å². The fourth-order valence-electron chi connectivity index (χ4n) is 4.47. The molecule has 38 heavy (non-hydrogen) atoms. The number of unbranched alkanes of at least 4 members (excludes halogenated alkanes) is 2. The number of fused-ring (bicyclic) bond motifs is 1. The van der Waals surface area contributed by atoms with Gasteiger partial charge in [0.15, 0.2) is 0 Å². The largest absolute Gasteiger partial charge is 0.481 e. The molecular weight excluding hydrogens is 538 g/mol. The zero-order chi connectivity index (χ0) is 27.9. The van der Waals surface area contributed by atoms with Gasteiger partial charge in [-0.2, -0.15) is 13.2 Å². The minimum atomic E-state index is -4.32. The maximum Gasteiger partial charge on any atom is 0.389 e. The average molecular weight is 568 g/mol. The van der Waals surface area contributed by atoms with Crippen molar-refractivity contribution in [1.82, 2.24) is 5.32 Å². The Labute approximate surface area is 230 Å². The van der Waals surface area contributed by atoms with Crippen LogP contribution in [0.3, 0.4) is 0 Å². The Hall–Kier alpha value is -2.77. The maximum atomic E-state index is 13.2. The number of nitrogens with one attached hydrogen (secondary N) is 1. The summed E-state index contributed by atoms with van der Waals surface area (Å²) in [7, 11) is 0. The lowest BCUT2D eigenvalue weighted by molar-refractivity contribution is -0.137. The van der Waals surface area contributed by atoms with Crippen molar-refractivity contribution in [1.29, 1.82) is 0 Å². The highest BCUT2D eigenvalue weighted by atomic mass is 35.5. The van der Waals surface area contributed by atoms with E-state index in [1.807, 2.05) is 18.2 Å². The number of amides is 1. The van der Waals surface area contributed by atoms with Crippen molar-refractivity contribution in [3.63, 3.8) is 0 Å². The molecule has 0 aromatic heterocycles. The van der Waals surface area contributed by atoms with Crippen LogP contribution in [0.1, 0.15) is 78.4 Å². The predicted molar refractivity (Wildman–Crippen MR) is 145 cm³/mol. The van der Waals surface area contributed by atoms with Crippen LogP contribution >= 0.6 is 23.2 Å². The van der Waals surface area contributed by atoms with Gasteiger partial charge in [0, 0.05) is 34.9 Å². The molecule has 9 heteroatoms. The fourth-order valence-corrected chi connectivity index (χ4v) is 5.20. The van der Waals surface area contributed by atoms with Crippen LogP contribution in [0.5, 0.6) is 0 Å². The Morgan fingerprint density at radius 1 is 1.00 bits per heavy atom. The minimum Gasteiger partial charge on any atom is -0.481 e. The Morgan fingerprint density at radius 2 is 1.68 bits per heavy atom. The van der Waals surface area contributed by atoms with Gasteiger partial charge in [-0.05, 0) is 59.5 Å². The Morgan fingerprint density at radius 3 is 2.32 bits per heavy atom. The molecule has 3 aromatic carbocycles. The average Bonchev–Trinajstić information content (AvgIpc) is 2.85. The highest BCUT2D eigenvalue weighted by molar-refractivity contribution is 6.40. The van der Waals surface area contributed by atoms with Gasteiger partial charge in [-0.25, -0.2) is 0 Å². The molecule has 1 amide bonds. The number of alkyl halides is 3. The predicted octanol–water partition coefficient (Wildman–Crippen LogP) is 8.56. The Balaban J connectivity index is 1.92. The summed E-state index contributed by atoms with van der Waals surface area (Å²) in [6.45, 7) is 2.10. The van der Waals surface area contributed by atoms with Gasteiger partial charge < -0.3 is 10.4 Å². The molecule has 0 radical (unpaired) electrons. The van der Waals surface area contributed by atoms with Crippen molar-refractivity contribution in [2.24, 2.45) is 0 Å². The second kappa shape index (κ2) is 13.3. The van der Waals surface area contributed by atoms with Crippen LogP contribution in [0.25, 0.3) is 10.8 Å². The highest BCUT2D eigenvalue weighted by Crippen LogP contribution is 2.39. The molecule has 1 unspecified atom stereocenters. The summed E-state index contributed by atoms with van der Waals surface area (Å²) in [4.78, 5) is 22.9. The molecule has 0 aliphatic carbocycles. The van der Waals surface area contributed by atoms with Crippen molar-refractivity contribution in [3.8, 4) is 0 Å². The first-order valence-corrected chi connectivity index (χ1v) is 13.3. The van der Waals surface area contributed by atoms with Crippen molar-refractivity contribution < 1.29 is 27.9 Å². The summed E-state index contributed by atoms with van der Waals surface area (Å²) in [6.07, 6.45) is -1.81. The topological polar surface area (TPSA) is 66.4 Å². The van der Waals surface area contributed by atoms with Gasteiger partial charge in [0.25, 0.3) is 5.91 Å². The molecule has 0 heterocycles. The fraction of sp³-hybridized carbons (Fsp3) is 0.379. The molecule has 0 fully saturated rings. The molecule has 1 atom stereocenters. The SMILES string of the molecule is CCCCCc1c(Cl)cc2cc(C(CCC(F)(F)F)c3ccc(C(=O)NCCC(=O)O)cc3)ccc2c1Cl. The summed E-state index contributed by atoms with van der Waals surface area (Å²) in [5.41, 5.74) is 2.49. The summed E-state index contributed by atoms with van der Waals surface area (Å²) >= 11 is 13.2. The molecular formula is C29H30Cl2F3NO3. The van der Waals surface area contributed by atoms with Crippen LogP contribution < -0.4 is 5.32 Å². The van der Waals surface area contributed by atoms with Crippen molar-refractivity contribution >= 4 is 45.9 Å². The first-order chi connectivity index (χ1) is 18.0. The number of hydrogen-bond acceptors (Lipinski definition) is 2. The monoisotopic (exact) mass is 567 g/mol. The summed E-state index contributed by atoms with van der Waals surface area (Å²) in [5, 5.41) is 13.9. The van der Waals surface area contributed by atoms with Crippen molar-refractivity contribution in [3.05, 3.63) is 80.8 Å². The lowest BCUT2D eigenvalue weighted by Crippen LogP contribution is -2.25. The number of carbonyl (C=O) groups is 2. The first-order valence-electron chi connectivity index (χ1n) is 12.6. The molecule has 0 spiro atoms. The molecule has 2 N–H and O–H groups in total. The van der Waals surface area contributed by atoms with E-state index < -0.39 is 30.4 Å². The molecule has 0 bridgehead atoms. The van der Waals surface area contributed by atoms with E-state index in [9.17, 15) is 22.8 Å². The minimum absolute atomic E-state index is 0.0212. The molecule has 204 valence electrons. The first kappa shape index (κ1) is 29.8.